The summed E-state index contributed by atoms with van der Waals surface area (Å²) in [4.78, 5) is 26.0. The molecule has 0 aliphatic heterocycles. The van der Waals surface area contributed by atoms with Crippen LogP contribution < -0.4 is 5.32 Å². The Morgan fingerprint density at radius 3 is 2.87 bits per heavy atom. The van der Waals surface area contributed by atoms with Gasteiger partial charge in [-0.15, -0.1) is 0 Å². The topological polar surface area (TPSA) is 73.2 Å². The molecule has 15 heavy (non-hydrogen) atoms. The fourth-order valence-corrected chi connectivity index (χ4v) is 1.05. The van der Waals surface area contributed by atoms with Crippen LogP contribution in [-0.4, -0.2) is 35.1 Å². The number of aryl methyl sites for hydroxylation is 1. The fourth-order valence-electron chi connectivity index (χ4n) is 1.05. The normalized spacial score (nSPS) is 9.73. The highest BCUT2D eigenvalue weighted by atomic mass is 16.5. The van der Waals surface area contributed by atoms with Crippen molar-refractivity contribution < 1.29 is 14.3 Å². The predicted octanol–water partition coefficient (Wildman–Crippen LogP) is -0.287. The van der Waals surface area contributed by atoms with Crippen LogP contribution in [0.25, 0.3) is 0 Å². The second-order valence-electron chi connectivity index (χ2n) is 2.97. The maximum Gasteiger partial charge on any atom is 0.307 e. The van der Waals surface area contributed by atoms with Crippen LogP contribution in [0, 0.1) is 0 Å². The van der Waals surface area contributed by atoms with E-state index >= 15 is 0 Å². The first-order valence-electron chi connectivity index (χ1n) is 4.46. The van der Waals surface area contributed by atoms with Crippen LogP contribution >= 0.6 is 0 Å². The van der Waals surface area contributed by atoms with Gasteiger partial charge in [-0.1, -0.05) is 0 Å². The van der Waals surface area contributed by atoms with Gasteiger partial charge >= 0.3 is 5.97 Å². The smallest absolute Gasteiger partial charge is 0.307 e. The van der Waals surface area contributed by atoms with Crippen molar-refractivity contribution in [3.63, 3.8) is 0 Å². The first kappa shape index (κ1) is 11.2. The quantitative estimate of drug-likeness (QED) is 0.695. The summed E-state index contributed by atoms with van der Waals surface area (Å²) in [6.45, 7) is 0.261. The highest BCUT2D eigenvalue weighted by molar-refractivity contribution is 5.92. The molecule has 0 fully saturated rings. The van der Waals surface area contributed by atoms with E-state index in [-0.39, 0.29) is 24.8 Å². The Kier molecular flexibility index (Phi) is 3.84. The average molecular weight is 211 g/mol. The molecule has 0 aliphatic carbocycles. The van der Waals surface area contributed by atoms with Gasteiger partial charge in [-0.3, -0.25) is 9.59 Å². The number of hydrogen-bond donors (Lipinski definition) is 1. The van der Waals surface area contributed by atoms with Crippen LogP contribution in [0.2, 0.25) is 0 Å². The van der Waals surface area contributed by atoms with E-state index in [2.05, 4.69) is 15.0 Å². The summed E-state index contributed by atoms with van der Waals surface area (Å²) < 4.78 is 6.04. The lowest BCUT2D eigenvalue weighted by Crippen LogP contribution is -2.27. The SMILES string of the molecule is COC(=O)CCNC(=O)c1cncn1C. The first-order chi connectivity index (χ1) is 7.15. The highest BCUT2D eigenvalue weighted by Crippen LogP contribution is 1.95. The highest BCUT2D eigenvalue weighted by Gasteiger charge is 2.09. The van der Waals surface area contributed by atoms with E-state index in [0.29, 0.717) is 5.69 Å². The number of imidazole rings is 1. The van der Waals surface area contributed by atoms with Gasteiger partial charge < -0.3 is 14.6 Å². The number of hydrogen-bond acceptors (Lipinski definition) is 4. The average Bonchev–Trinajstić information content (AvgIpc) is 2.64. The molecule has 0 atom stereocenters. The molecule has 1 heterocycles. The third-order valence-corrected chi connectivity index (χ3v) is 1.89. The van der Waals surface area contributed by atoms with E-state index in [0.717, 1.165) is 0 Å². The largest absolute Gasteiger partial charge is 0.469 e. The van der Waals surface area contributed by atoms with Crippen LogP contribution in [0.3, 0.4) is 0 Å². The molecule has 0 aliphatic rings. The summed E-state index contributed by atoms with van der Waals surface area (Å²) in [6, 6.07) is 0. The van der Waals surface area contributed by atoms with Crippen molar-refractivity contribution in [2.45, 2.75) is 6.42 Å². The van der Waals surface area contributed by atoms with Crippen molar-refractivity contribution in [3.05, 3.63) is 18.2 Å². The van der Waals surface area contributed by atoms with Gasteiger partial charge in [0.05, 0.1) is 26.1 Å². The number of ether oxygens (including phenoxy) is 1. The molecule has 1 rings (SSSR count). The molecule has 0 saturated heterocycles. The number of aromatic nitrogens is 2. The predicted molar refractivity (Wildman–Crippen MR) is 52.2 cm³/mol. The Morgan fingerprint density at radius 1 is 1.60 bits per heavy atom. The zero-order chi connectivity index (χ0) is 11.3. The second-order valence-corrected chi connectivity index (χ2v) is 2.97. The van der Waals surface area contributed by atoms with Gasteiger partial charge in [0.1, 0.15) is 5.69 Å². The van der Waals surface area contributed by atoms with Crippen molar-refractivity contribution in [3.8, 4) is 0 Å². The van der Waals surface area contributed by atoms with E-state index in [9.17, 15) is 9.59 Å². The minimum Gasteiger partial charge on any atom is -0.469 e. The Balaban J connectivity index is 2.38. The molecular weight excluding hydrogens is 198 g/mol. The molecule has 0 saturated carbocycles. The maximum absolute atomic E-state index is 11.5. The van der Waals surface area contributed by atoms with E-state index < -0.39 is 0 Å². The fraction of sp³-hybridized carbons (Fsp3) is 0.444. The van der Waals surface area contributed by atoms with Crippen LogP contribution in [0.5, 0.6) is 0 Å². The third kappa shape index (κ3) is 3.08. The number of esters is 1. The molecule has 0 bridgehead atoms. The molecule has 6 heteroatoms. The number of carbonyl (C=O) groups is 2. The zero-order valence-corrected chi connectivity index (χ0v) is 8.69. The van der Waals surface area contributed by atoms with E-state index in [1.807, 2.05) is 0 Å². The van der Waals surface area contributed by atoms with Gasteiger partial charge in [0.15, 0.2) is 0 Å². The van der Waals surface area contributed by atoms with Crippen LogP contribution in [-0.2, 0) is 16.6 Å². The molecule has 82 valence electrons. The molecule has 1 N–H and O–H groups in total. The monoisotopic (exact) mass is 211 g/mol. The Bertz CT molecular complexity index is 359. The van der Waals surface area contributed by atoms with E-state index in [1.54, 1.807) is 11.6 Å². The Hall–Kier alpha value is -1.85. The van der Waals surface area contributed by atoms with Gasteiger partial charge in [-0.25, -0.2) is 4.98 Å². The lowest BCUT2D eigenvalue weighted by atomic mass is 10.4. The molecular formula is C9H13N3O3. The summed E-state index contributed by atoms with van der Waals surface area (Å²) in [5.41, 5.74) is 0.458. The van der Waals surface area contributed by atoms with Gasteiger partial charge in [0.25, 0.3) is 5.91 Å². The summed E-state index contributed by atoms with van der Waals surface area (Å²) >= 11 is 0. The molecule has 0 aromatic carbocycles. The van der Waals surface area contributed by atoms with Gasteiger partial charge in [0.2, 0.25) is 0 Å². The minimum absolute atomic E-state index is 0.167. The molecule has 0 radical (unpaired) electrons. The van der Waals surface area contributed by atoms with Crippen LogP contribution in [0.4, 0.5) is 0 Å². The zero-order valence-electron chi connectivity index (χ0n) is 8.69. The molecule has 6 nitrogen and oxygen atoms in total. The van der Waals surface area contributed by atoms with Crippen molar-refractivity contribution >= 4 is 11.9 Å². The minimum atomic E-state index is -0.347. The molecule has 1 aromatic rings. The van der Waals surface area contributed by atoms with E-state index in [1.165, 1.54) is 19.6 Å². The number of nitrogens with one attached hydrogen (secondary N) is 1. The van der Waals surface area contributed by atoms with Gasteiger partial charge in [-0.05, 0) is 0 Å². The summed E-state index contributed by atoms with van der Waals surface area (Å²) in [6.07, 6.45) is 3.17. The van der Waals surface area contributed by atoms with Crippen molar-refractivity contribution in [2.75, 3.05) is 13.7 Å². The summed E-state index contributed by atoms with van der Waals surface area (Å²) in [7, 11) is 3.04. The molecule has 1 aromatic heterocycles. The second kappa shape index (κ2) is 5.14. The molecule has 0 spiro atoms. The lowest BCUT2D eigenvalue weighted by Gasteiger charge is -2.04. The summed E-state index contributed by atoms with van der Waals surface area (Å²) in [5.74, 6) is -0.598. The number of rotatable bonds is 4. The van der Waals surface area contributed by atoms with Crippen molar-refractivity contribution in [1.82, 2.24) is 14.9 Å². The van der Waals surface area contributed by atoms with E-state index in [4.69, 9.17) is 0 Å². The Morgan fingerprint density at radius 2 is 2.33 bits per heavy atom. The molecule has 0 unspecified atom stereocenters. The van der Waals surface area contributed by atoms with Crippen molar-refractivity contribution in [1.29, 1.82) is 0 Å². The maximum atomic E-state index is 11.5. The number of amides is 1. The lowest BCUT2D eigenvalue weighted by molar-refractivity contribution is -0.140. The third-order valence-electron chi connectivity index (χ3n) is 1.89. The first-order valence-corrected chi connectivity index (χ1v) is 4.46. The van der Waals surface area contributed by atoms with Gasteiger partial charge in [-0.2, -0.15) is 0 Å². The van der Waals surface area contributed by atoms with Crippen LogP contribution in [0.1, 0.15) is 16.9 Å². The number of methoxy groups -OCH3 is 1. The summed E-state index contributed by atoms with van der Waals surface area (Å²) in [5, 5.41) is 2.59. The van der Waals surface area contributed by atoms with Gasteiger partial charge in [0, 0.05) is 13.6 Å². The number of carbonyl (C=O) groups excluding carboxylic acids is 2. The number of nitrogens with zero attached hydrogens (tertiary/aromatic N) is 2. The Labute approximate surface area is 87.2 Å². The van der Waals surface area contributed by atoms with Crippen LogP contribution in [0.15, 0.2) is 12.5 Å². The van der Waals surface area contributed by atoms with Crippen molar-refractivity contribution in [2.24, 2.45) is 7.05 Å². The standard InChI is InChI=1S/C9H13N3O3/c1-12-6-10-5-7(12)9(14)11-4-3-8(13)15-2/h5-6H,3-4H2,1-2H3,(H,11,14). The molecule has 1 amide bonds.